The van der Waals surface area contributed by atoms with Crippen LogP contribution in [0.15, 0.2) is 0 Å². The van der Waals surface area contributed by atoms with E-state index in [0.29, 0.717) is 0 Å². The lowest BCUT2D eigenvalue weighted by Crippen LogP contribution is -2.26. The van der Waals surface area contributed by atoms with Crippen LogP contribution in [-0.4, -0.2) is 11.3 Å². The van der Waals surface area contributed by atoms with Gasteiger partial charge in [0.05, 0.1) is 0 Å². The molecule has 1 unspecified atom stereocenters. The van der Waals surface area contributed by atoms with E-state index in [9.17, 15) is 0 Å². The van der Waals surface area contributed by atoms with E-state index in [4.69, 9.17) is 5.11 Å². The van der Waals surface area contributed by atoms with Gasteiger partial charge in [-0.05, 0) is 20.8 Å². The maximum absolute atomic E-state index is 8.59. The molecule has 0 aromatic heterocycles. The minimum atomic E-state index is -0.412. The second-order valence-electron chi connectivity index (χ2n) is 1.82. The summed E-state index contributed by atoms with van der Waals surface area (Å²) in [6.07, 6.45) is -0.412. The second-order valence-corrected chi connectivity index (χ2v) is 1.82. The van der Waals surface area contributed by atoms with Crippen LogP contribution in [0.4, 0.5) is 0 Å². The molecule has 0 saturated heterocycles. The number of aliphatic hydroxyl groups is 1. The minimum absolute atomic E-state index is 0.412. The van der Waals surface area contributed by atoms with Crippen molar-refractivity contribution in [3.05, 3.63) is 6.04 Å². The second kappa shape index (κ2) is 2.99. The van der Waals surface area contributed by atoms with Gasteiger partial charge in [0.1, 0.15) is 6.23 Å². The molecule has 2 N–H and O–H groups in total. The van der Waals surface area contributed by atoms with Gasteiger partial charge in [0.25, 0.3) is 0 Å². The molecule has 2 heteroatoms. The van der Waals surface area contributed by atoms with Crippen LogP contribution in [0.25, 0.3) is 0 Å². The number of hydrogen-bond donors (Lipinski definition) is 2. The minimum Gasteiger partial charge on any atom is -0.379 e. The van der Waals surface area contributed by atoms with Crippen LogP contribution in [0.2, 0.25) is 0 Å². The Bertz CT molecular complexity index is 37.3. The molecule has 0 fully saturated rings. The summed E-state index contributed by atoms with van der Waals surface area (Å²) in [6.45, 7) is 5.51. The first-order chi connectivity index (χ1) is 3.13. The van der Waals surface area contributed by atoms with Crippen molar-refractivity contribution < 1.29 is 5.11 Å². The zero-order chi connectivity index (χ0) is 5.86. The first-order valence-corrected chi connectivity index (χ1v) is 2.37. The number of nitrogens with one attached hydrogen (secondary N) is 1. The average Bonchev–Trinajstić information content (AvgIpc) is 1.27. The van der Waals surface area contributed by atoms with Crippen LogP contribution in [0, 0.1) is 6.04 Å². The quantitative estimate of drug-likeness (QED) is 0.497. The molecule has 0 heterocycles. The lowest BCUT2D eigenvalue weighted by molar-refractivity contribution is 0.161. The molecule has 0 bridgehead atoms. The van der Waals surface area contributed by atoms with Crippen molar-refractivity contribution in [1.82, 2.24) is 5.32 Å². The van der Waals surface area contributed by atoms with Crippen molar-refractivity contribution in [2.75, 3.05) is 0 Å². The van der Waals surface area contributed by atoms with E-state index in [1.54, 1.807) is 6.92 Å². The summed E-state index contributed by atoms with van der Waals surface area (Å²) in [5, 5.41) is 11.4. The van der Waals surface area contributed by atoms with Gasteiger partial charge in [-0.1, -0.05) is 0 Å². The Hall–Kier alpha value is -0.0800. The Labute approximate surface area is 44.5 Å². The van der Waals surface area contributed by atoms with Gasteiger partial charge in [0.15, 0.2) is 0 Å². The Balaban J connectivity index is 2.95. The fourth-order valence-electron chi connectivity index (χ4n) is 0.418. The van der Waals surface area contributed by atoms with Crippen molar-refractivity contribution in [3.8, 4) is 0 Å². The summed E-state index contributed by atoms with van der Waals surface area (Å²) >= 11 is 0. The zero-order valence-electron chi connectivity index (χ0n) is 5.02. The molecule has 0 saturated carbocycles. The third-order valence-electron chi connectivity index (χ3n) is 0.498. The molecule has 7 heavy (non-hydrogen) atoms. The molecule has 0 amide bonds. The van der Waals surface area contributed by atoms with E-state index in [-0.39, 0.29) is 0 Å². The van der Waals surface area contributed by atoms with E-state index >= 15 is 0 Å². The smallest absolute Gasteiger partial charge is 0.102 e. The van der Waals surface area contributed by atoms with Crippen LogP contribution < -0.4 is 5.32 Å². The SMILES string of the molecule is C[C](C)NC(C)O. The molecular weight excluding hydrogens is 90.1 g/mol. The van der Waals surface area contributed by atoms with Crippen molar-refractivity contribution in [2.45, 2.75) is 27.0 Å². The Morgan fingerprint density at radius 2 is 2.00 bits per heavy atom. The summed E-state index contributed by atoms with van der Waals surface area (Å²) < 4.78 is 0. The topological polar surface area (TPSA) is 32.3 Å². The van der Waals surface area contributed by atoms with Crippen LogP contribution in [0.3, 0.4) is 0 Å². The molecule has 0 aliphatic carbocycles. The fourth-order valence-corrected chi connectivity index (χ4v) is 0.418. The van der Waals surface area contributed by atoms with Gasteiger partial charge in [-0.3, -0.25) is 5.32 Å². The number of rotatable bonds is 2. The van der Waals surface area contributed by atoms with Crippen LogP contribution in [0.5, 0.6) is 0 Å². The van der Waals surface area contributed by atoms with E-state index in [2.05, 4.69) is 5.32 Å². The van der Waals surface area contributed by atoms with E-state index in [0.717, 1.165) is 6.04 Å². The predicted molar refractivity (Wildman–Crippen MR) is 29.4 cm³/mol. The van der Waals surface area contributed by atoms with Gasteiger partial charge in [0, 0.05) is 6.04 Å². The largest absolute Gasteiger partial charge is 0.379 e. The van der Waals surface area contributed by atoms with E-state index in [1.807, 2.05) is 13.8 Å². The van der Waals surface area contributed by atoms with Gasteiger partial charge >= 0.3 is 0 Å². The number of aliphatic hydroxyl groups excluding tert-OH is 1. The highest BCUT2D eigenvalue weighted by molar-refractivity contribution is 4.72. The van der Waals surface area contributed by atoms with Crippen LogP contribution >= 0.6 is 0 Å². The van der Waals surface area contributed by atoms with Gasteiger partial charge in [-0.2, -0.15) is 0 Å². The molecule has 0 aliphatic rings. The molecule has 43 valence electrons. The monoisotopic (exact) mass is 102 g/mol. The molecule has 1 radical (unpaired) electrons. The summed E-state index contributed by atoms with van der Waals surface area (Å²) in [4.78, 5) is 0. The lowest BCUT2D eigenvalue weighted by Gasteiger charge is -2.08. The third-order valence-corrected chi connectivity index (χ3v) is 0.498. The van der Waals surface area contributed by atoms with Gasteiger partial charge in [-0.15, -0.1) is 0 Å². The first-order valence-electron chi connectivity index (χ1n) is 2.37. The third kappa shape index (κ3) is 5.92. The van der Waals surface area contributed by atoms with E-state index in [1.165, 1.54) is 0 Å². The molecule has 2 nitrogen and oxygen atoms in total. The molecule has 0 aromatic rings. The summed E-state index contributed by atoms with van der Waals surface area (Å²) in [7, 11) is 0. The molecule has 1 atom stereocenters. The highest BCUT2D eigenvalue weighted by atomic mass is 16.3. The predicted octanol–water partition coefficient (Wildman–Crippen LogP) is 0.486. The summed E-state index contributed by atoms with van der Waals surface area (Å²) in [5.74, 6) is 0. The molecule has 0 aliphatic heterocycles. The van der Waals surface area contributed by atoms with E-state index < -0.39 is 6.23 Å². The zero-order valence-corrected chi connectivity index (χ0v) is 5.02. The average molecular weight is 102 g/mol. The Morgan fingerprint density at radius 3 is 2.00 bits per heavy atom. The lowest BCUT2D eigenvalue weighted by atomic mass is 10.4. The number of hydrogen-bond acceptors (Lipinski definition) is 2. The maximum atomic E-state index is 8.59. The standard InChI is InChI=1S/C5H12NO/c1-4(2)6-5(3)7/h5-7H,1-3H3. The van der Waals surface area contributed by atoms with Crippen molar-refractivity contribution in [1.29, 1.82) is 0 Å². The molecular formula is C5H12NO. The first kappa shape index (κ1) is 6.92. The fraction of sp³-hybridized carbons (Fsp3) is 0.800. The van der Waals surface area contributed by atoms with Crippen LogP contribution in [0.1, 0.15) is 20.8 Å². The highest BCUT2D eigenvalue weighted by Gasteiger charge is 1.94. The Kier molecular flexibility index (Phi) is 2.96. The molecule has 0 rings (SSSR count). The normalized spacial score (nSPS) is 15.0. The van der Waals surface area contributed by atoms with Crippen LogP contribution in [-0.2, 0) is 0 Å². The van der Waals surface area contributed by atoms with Crippen molar-refractivity contribution in [3.63, 3.8) is 0 Å². The highest BCUT2D eigenvalue weighted by Crippen LogP contribution is 1.87. The summed E-state index contributed by atoms with van der Waals surface area (Å²) in [5.41, 5.74) is 0. The van der Waals surface area contributed by atoms with Gasteiger partial charge in [0.2, 0.25) is 0 Å². The van der Waals surface area contributed by atoms with Gasteiger partial charge in [-0.25, -0.2) is 0 Å². The van der Waals surface area contributed by atoms with Crippen molar-refractivity contribution in [2.24, 2.45) is 0 Å². The van der Waals surface area contributed by atoms with Crippen molar-refractivity contribution >= 4 is 0 Å². The summed E-state index contributed by atoms with van der Waals surface area (Å²) in [6, 6.07) is 1.04. The molecule has 0 aromatic carbocycles. The maximum Gasteiger partial charge on any atom is 0.102 e. The molecule has 0 spiro atoms. The Morgan fingerprint density at radius 1 is 1.57 bits per heavy atom. The van der Waals surface area contributed by atoms with Gasteiger partial charge < -0.3 is 5.11 Å².